The highest BCUT2D eigenvalue weighted by molar-refractivity contribution is 6.10. The van der Waals surface area contributed by atoms with Crippen LogP contribution < -0.4 is 20.3 Å². The first-order valence-electron chi connectivity index (χ1n) is 18.8. The fraction of sp³-hybridized carbons (Fsp3) is 0.120. The molecule has 0 aliphatic rings. The van der Waals surface area contributed by atoms with Gasteiger partial charge in [0.25, 0.3) is 0 Å². The van der Waals surface area contributed by atoms with Crippen LogP contribution in [-0.4, -0.2) is 23.4 Å². The maximum Gasteiger partial charge on any atom is 0.198 e. The van der Waals surface area contributed by atoms with E-state index in [4.69, 9.17) is 9.47 Å². The maximum atomic E-state index is 15.3. The first-order chi connectivity index (χ1) is 27.3. The van der Waals surface area contributed by atoms with Crippen LogP contribution in [0.3, 0.4) is 0 Å². The first-order valence-corrected chi connectivity index (χ1v) is 18.8. The van der Waals surface area contributed by atoms with Gasteiger partial charge in [-0.2, -0.15) is 0 Å². The fourth-order valence-electron chi connectivity index (χ4n) is 8.16. The average molecular weight is 733 g/mol. The van der Waals surface area contributed by atoms with Gasteiger partial charge in [-0.1, -0.05) is 120 Å². The van der Waals surface area contributed by atoms with Gasteiger partial charge in [0.15, 0.2) is 10.9 Å². The number of aryl methyl sites for hydroxylation is 2. The quantitative estimate of drug-likeness (QED) is 0.146. The van der Waals surface area contributed by atoms with Crippen molar-refractivity contribution in [3.63, 3.8) is 0 Å². The van der Waals surface area contributed by atoms with Crippen LogP contribution in [0.1, 0.15) is 22.3 Å². The van der Waals surface area contributed by atoms with Crippen molar-refractivity contribution in [2.24, 2.45) is 0 Å². The second-order valence-electron chi connectivity index (χ2n) is 14.5. The van der Waals surface area contributed by atoms with Crippen LogP contribution in [0.15, 0.2) is 155 Å². The molecule has 56 heavy (non-hydrogen) atoms. The molecule has 0 aliphatic heterocycles. The van der Waals surface area contributed by atoms with Crippen LogP contribution in [0.5, 0.6) is 11.5 Å². The van der Waals surface area contributed by atoms with Gasteiger partial charge >= 0.3 is 0 Å². The van der Waals surface area contributed by atoms with Crippen LogP contribution in [0.25, 0.3) is 65.9 Å². The van der Waals surface area contributed by atoms with Crippen molar-refractivity contribution in [3.8, 4) is 33.8 Å². The van der Waals surface area contributed by atoms with Gasteiger partial charge in [-0.3, -0.25) is 9.59 Å². The minimum Gasteiger partial charge on any atom is -0.495 e. The summed E-state index contributed by atoms with van der Waals surface area (Å²) in [5.74, 6) is 1.16. The Labute approximate surface area is 324 Å². The van der Waals surface area contributed by atoms with Gasteiger partial charge in [0.05, 0.1) is 47.1 Å². The number of nitrogens with zero attached hydrogens (tertiary/aromatic N) is 2. The molecule has 0 unspecified atom stereocenters. The predicted octanol–water partition coefficient (Wildman–Crippen LogP) is 10.7. The number of pyridine rings is 2. The lowest BCUT2D eigenvalue weighted by molar-refractivity contribution is 0.417. The lowest BCUT2D eigenvalue weighted by Gasteiger charge is -2.22. The van der Waals surface area contributed by atoms with Gasteiger partial charge in [-0.05, 0) is 83.6 Å². The molecule has 9 aromatic rings. The van der Waals surface area contributed by atoms with E-state index in [9.17, 15) is 0 Å². The molecule has 2 heterocycles. The first kappa shape index (κ1) is 34.8. The van der Waals surface area contributed by atoms with Gasteiger partial charge in [-0.25, -0.2) is 0 Å². The minimum atomic E-state index is -0.130. The molecule has 6 heteroatoms. The summed E-state index contributed by atoms with van der Waals surface area (Å²) in [5.41, 5.74) is 10.3. The van der Waals surface area contributed by atoms with Gasteiger partial charge in [0.2, 0.25) is 0 Å². The molecular formula is C50H40N2O4. The lowest BCUT2D eigenvalue weighted by atomic mass is 9.95. The lowest BCUT2D eigenvalue weighted by Crippen LogP contribution is -2.18. The van der Waals surface area contributed by atoms with Crippen molar-refractivity contribution in [1.82, 2.24) is 9.13 Å². The molecule has 0 radical (unpaired) electrons. The zero-order valence-electron chi connectivity index (χ0n) is 31.8. The molecule has 0 fully saturated rings. The highest BCUT2D eigenvalue weighted by Crippen LogP contribution is 2.39. The van der Waals surface area contributed by atoms with Crippen molar-refractivity contribution >= 4 is 43.6 Å². The van der Waals surface area contributed by atoms with E-state index in [1.807, 2.05) is 97.1 Å². The molecule has 0 saturated heterocycles. The highest BCUT2D eigenvalue weighted by atomic mass is 16.5. The zero-order chi connectivity index (χ0) is 38.5. The summed E-state index contributed by atoms with van der Waals surface area (Å²) in [6, 6.07) is 48.5. The number of fused-ring (bicyclic) bond motifs is 4. The number of ether oxygens (including phenoxy) is 2. The van der Waals surface area contributed by atoms with Crippen LogP contribution >= 0.6 is 0 Å². The van der Waals surface area contributed by atoms with E-state index < -0.39 is 0 Å². The number of hydrogen-bond acceptors (Lipinski definition) is 4. The summed E-state index contributed by atoms with van der Waals surface area (Å²) in [4.78, 5) is 30.6. The van der Waals surface area contributed by atoms with Crippen LogP contribution in [-0.2, 0) is 13.1 Å². The molecule has 6 nitrogen and oxygen atoms in total. The van der Waals surface area contributed by atoms with E-state index in [2.05, 4.69) is 71.5 Å². The molecule has 9 rings (SSSR count). The van der Waals surface area contributed by atoms with Gasteiger partial charge in [0, 0.05) is 23.9 Å². The third-order valence-electron chi connectivity index (χ3n) is 11.0. The molecule has 0 amide bonds. The van der Waals surface area contributed by atoms with Crippen molar-refractivity contribution in [1.29, 1.82) is 0 Å². The normalized spacial score (nSPS) is 11.5. The highest BCUT2D eigenvalue weighted by Gasteiger charge is 2.24. The zero-order valence-corrected chi connectivity index (χ0v) is 31.8. The van der Waals surface area contributed by atoms with Crippen molar-refractivity contribution in [2.75, 3.05) is 14.2 Å². The van der Waals surface area contributed by atoms with Crippen LogP contribution in [0.2, 0.25) is 0 Å². The minimum absolute atomic E-state index is 0.130. The SMILES string of the molecule is COc1ccc(-c2ccccc2)c2c(=O)c3cc4c(cc3n(Cc3ccc(C)cc3)c12)c(=O)c1c(-c2ccccc2)ccc(OC)c1n4Cc1ccc(C)cc1. The number of hydrogen-bond donors (Lipinski definition) is 0. The fourth-order valence-corrected chi connectivity index (χ4v) is 8.16. The van der Waals surface area contributed by atoms with Crippen molar-refractivity contribution in [3.05, 3.63) is 188 Å². The Kier molecular flexibility index (Phi) is 8.74. The molecule has 0 aliphatic carbocycles. The van der Waals surface area contributed by atoms with E-state index in [1.54, 1.807) is 14.2 Å². The predicted molar refractivity (Wildman–Crippen MR) is 230 cm³/mol. The Morgan fingerprint density at radius 2 is 0.839 bits per heavy atom. The standard InChI is InChI=1S/C50H40N2O4/c1-31-15-19-33(20-16-31)29-51-41-27-40-42(28-39(41)49(53)45-37(35-11-7-5-8-12-35)23-25-43(55-3)47(45)51)52(30-34-21-17-32(2)18-22-34)48-44(56-4)26-24-38(46(48)50(40)54)36-13-9-6-10-14-36/h5-28H,29-30H2,1-4H3. The maximum absolute atomic E-state index is 15.3. The van der Waals surface area contributed by atoms with E-state index in [-0.39, 0.29) is 10.9 Å². The summed E-state index contributed by atoms with van der Waals surface area (Å²) in [6.07, 6.45) is 0. The van der Waals surface area contributed by atoms with Crippen LogP contribution in [0.4, 0.5) is 0 Å². The molecule has 2 aromatic heterocycles. The Balaban J connectivity index is 1.49. The molecule has 0 spiro atoms. The monoisotopic (exact) mass is 732 g/mol. The smallest absolute Gasteiger partial charge is 0.198 e. The number of methoxy groups -OCH3 is 2. The average Bonchev–Trinajstić information content (AvgIpc) is 3.24. The Hall–Kier alpha value is -6.92. The van der Waals surface area contributed by atoms with E-state index in [1.165, 1.54) is 0 Å². The third-order valence-corrected chi connectivity index (χ3v) is 11.0. The van der Waals surface area contributed by atoms with Crippen molar-refractivity contribution < 1.29 is 9.47 Å². The summed E-state index contributed by atoms with van der Waals surface area (Å²) >= 11 is 0. The number of aromatic nitrogens is 2. The van der Waals surface area contributed by atoms with E-state index in [0.717, 1.165) is 44.5 Å². The molecule has 7 aromatic carbocycles. The Morgan fingerprint density at radius 3 is 1.20 bits per heavy atom. The topological polar surface area (TPSA) is 62.5 Å². The van der Waals surface area contributed by atoms with Gasteiger partial charge in [0.1, 0.15) is 11.5 Å². The molecule has 0 N–H and O–H groups in total. The second-order valence-corrected chi connectivity index (χ2v) is 14.5. The summed E-state index contributed by atoms with van der Waals surface area (Å²) in [5, 5.41) is 2.15. The molecule has 0 saturated carbocycles. The number of rotatable bonds is 8. The molecule has 0 atom stereocenters. The molecular weight excluding hydrogens is 693 g/mol. The third kappa shape index (κ3) is 5.82. The Bertz CT molecular complexity index is 2860. The summed E-state index contributed by atoms with van der Waals surface area (Å²) in [7, 11) is 3.27. The van der Waals surface area contributed by atoms with E-state index in [0.29, 0.717) is 68.2 Å². The van der Waals surface area contributed by atoms with Gasteiger partial charge < -0.3 is 18.6 Å². The Morgan fingerprint density at radius 1 is 0.464 bits per heavy atom. The summed E-state index contributed by atoms with van der Waals surface area (Å²) in [6.45, 7) is 5.03. The van der Waals surface area contributed by atoms with Gasteiger partial charge in [-0.15, -0.1) is 0 Å². The van der Waals surface area contributed by atoms with E-state index >= 15 is 9.59 Å². The van der Waals surface area contributed by atoms with Crippen molar-refractivity contribution in [2.45, 2.75) is 26.9 Å². The molecule has 0 bridgehead atoms. The largest absolute Gasteiger partial charge is 0.495 e. The summed E-state index contributed by atoms with van der Waals surface area (Å²) < 4.78 is 16.4. The number of benzene rings is 7. The molecule has 274 valence electrons. The second kappa shape index (κ2) is 14.1. The van der Waals surface area contributed by atoms with Crippen LogP contribution in [0, 0.1) is 13.8 Å².